The quantitative estimate of drug-likeness (QED) is 0.452. The Bertz CT molecular complexity index is 980. The number of rotatable bonds is 6. The molecule has 3 aromatic carbocycles. The number of fused-ring (bicyclic) bond motifs is 1. The summed E-state index contributed by atoms with van der Waals surface area (Å²) >= 11 is 0. The predicted octanol–water partition coefficient (Wildman–Crippen LogP) is 4.82. The van der Waals surface area contributed by atoms with Crippen molar-refractivity contribution in [1.29, 1.82) is 0 Å². The molecule has 3 atom stereocenters. The maximum absolute atomic E-state index is 10.5. The van der Waals surface area contributed by atoms with E-state index in [1.807, 2.05) is 74.5 Å². The van der Waals surface area contributed by atoms with Gasteiger partial charge in [-0.05, 0) is 42.2 Å². The molecule has 0 bridgehead atoms. The van der Waals surface area contributed by atoms with Gasteiger partial charge in [-0.3, -0.25) is 0 Å². The van der Waals surface area contributed by atoms with Crippen LogP contribution in [0.5, 0.6) is 0 Å². The van der Waals surface area contributed by atoms with E-state index in [1.54, 1.807) is 0 Å². The molecule has 164 valence electrons. The monoisotopic (exact) mass is 428 g/mol. The first-order chi connectivity index (χ1) is 15.5. The Labute approximate surface area is 189 Å². The van der Waals surface area contributed by atoms with Crippen LogP contribution in [0.15, 0.2) is 103 Å². The van der Waals surface area contributed by atoms with Crippen LogP contribution in [0.1, 0.15) is 30.5 Å². The molecule has 0 aromatic heterocycles. The zero-order chi connectivity index (χ0) is 22.2. The Morgan fingerprint density at radius 1 is 0.781 bits per heavy atom. The van der Waals surface area contributed by atoms with E-state index < -0.39 is 23.6 Å². The number of aliphatic hydroxyl groups excluding tert-OH is 1. The standard InChI is InChI=1S/C28H28O4/c1-27(2)31-25-20(18-24(29)26(25)32-27)19-30-28(21-12-6-3-7-13-21,22-14-8-4-9-15-22)23-16-10-5-11-17-23/h3-18,24-26,29H,19H2,1-2H3. The second kappa shape index (κ2) is 8.30. The lowest BCUT2D eigenvalue weighted by Gasteiger charge is -2.36. The van der Waals surface area contributed by atoms with Crippen LogP contribution in [-0.4, -0.2) is 35.8 Å². The summed E-state index contributed by atoms with van der Waals surface area (Å²) in [7, 11) is 0. The summed E-state index contributed by atoms with van der Waals surface area (Å²) in [5.74, 6) is -0.731. The molecule has 1 fully saturated rings. The first kappa shape index (κ1) is 21.1. The number of hydrogen-bond acceptors (Lipinski definition) is 4. The molecule has 1 N–H and O–H groups in total. The predicted molar refractivity (Wildman–Crippen MR) is 123 cm³/mol. The van der Waals surface area contributed by atoms with Gasteiger partial charge in [0, 0.05) is 0 Å². The van der Waals surface area contributed by atoms with Gasteiger partial charge in [0.1, 0.15) is 23.9 Å². The fourth-order valence-electron chi connectivity index (χ4n) is 4.83. The van der Waals surface area contributed by atoms with Crippen LogP contribution in [0.3, 0.4) is 0 Å². The number of benzene rings is 3. The maximum atomic E-state index is 10.5. The minimum absolute atomic E-state index is 0.302. The Kier molecular flexibility index (Phi) is 5.48. The fraction of sp³-hybridized carbons (Fsp3) is 0.286. The lowest BCUT2D eigenvalue weighted by Crippen LogP contribution is -2.35. The lowest BCUT2D eigenvalue weighted by molar-refractivity contribution is -0.153. The highest BCUT2D eigenvalue weighted by Gasteiger charge is 2.50. The molecule has 1 aliphatic carbocycles. The molecule has 3 unspecified atom stereocenters. The van der Waals surface area contributed by atoms with E-state index in [0.717, 1.165) is 22.3 Å². The fourth-order valence-corrected chi connectivity index (χ4v) is 4.83. The molecule has 4 heteroatoms. The molecule has 1 heterocycles. The van der Waals surface area contributed by atoms with Crippen LogP contribution in [0.25, 0.3) is 0 Å². The summed E-state index contributed by atoms with van der Waals surface area (Å²) < 4.78 is 18.9. The number of hydrogen-bond donors (Lipinski definition) is 1. The van der Waals surface area contributed by atoms with Crippen molar-refractivity contribution in [2.45, 2.75) is 43.5 Å². The van der Waals surface area contributed by atoms with E-state index in [-0.39, 0.29) is 6.10 Å². The van der Waals surface area contributed by atoms with Crippen molar-refractivity contribution in [3.8, 4) is 0 Å². The van der Waals surface area contributed by atoms with Gasteiger partial charge in [-0.2, -0.15) is 0 Å². The van der Waals surface area contributed by atoms with Crippen LogP contribution in [-0.2, 0) is 19.8 Å². The summed E-state index contributed by atoms with van der Waals surface area (Å²) in [6.45, 7) is 4.05. The average molecular weight is 429 g/mol. The molecule has 32 heavy (non-hydrogen) atoms. The van der Waals surface area contributed by atoms with Gasteiger partial charge in [0.05, 0.1) is 6.61 Å². The largest absolute Gasteiger partial charge is 0.386 e. The van der Waals surface area contributed by atoms with Crippen LogP contribution in [0.2, 0.25) is 0 Å². The third-order valence-electron chi connectivity index (χ3n) is 6.21. The van der Waals surface area contributed by atoms with Crippen molar-refractivity contribution in [1.82, 2.24) is 0 Å². The van der Waals surface area contributed by atoms with E-state index in [0.29, 0.717) is 6.61 Å². The smallest absolute Gasteiger partial charge is 0.164 e. The van der Waals surface area contributed by atoms with Crippen molar-refractivity contribution in [2.75, 3.05) is 6.61 Å². The van der Waals surface area contributed by atoms with Crippen molar-refractivity contribution in [3.63, 3.8) is 0 Å². The second-order valence-electron chi connectivity index (χ2n) is 8.82. The van der Waals surface area contributed by atoms with Crippen LogP contribution >= 0.6 is 0 Å². The normalized spacial score (nSPS) is 24.2. The molecule has 1 saturated heterocycles. The summed E-state index contributed by atoms with van der Waals surface area (Å²) in [5, 5.41) is 10.5. The van der Waals surface area contributed by atoms with Crippen LogP contribution in [0, 0.1) is 0 Å². The van der Waals surface area contributed by atoms with Gasteiger partial charge in [-0.25, -0.2) is 0 Å². The Morgan fingerprint density at radius 3 is 1.72 bits per heavy atom. The van der Waals surface area contributed by atoms with Gasteiger partial charge in [0.2, 0.25) is 0 Å². The maximum Gasteiger partial charge on any atom is 0.164 e. The molecular formula is C28H28O4. The Morgan fingerprint density at radius 2 is 1.25 bits per heavy atom. The zero-order valence-electron chi connectivity index (χ0n) is 18.3. The highest BCUT2D eigenvalue weighted by molar-refractivity contribution is 5.47. The molecule has 5 rings (SSSR count). The van der Waals surface area contributed by atoms with Crippen LogP contribution < -0.4 is 0 Å². The molecule has 2 aliphatic rings. The SMILES string of the molecule is CC1(C)OC2C(COC(c3ccccc3)(c3ccccc3)c3ccccc3)=CC(O)C2O1. The highest BCUT2D eigenvalue weighted by atomic mass is 16.8. The molecule has 4 nitrogen and oxygen atoms in total. The molecule has 0 saturated carbocycles. The molecule has 1 aliphatic heterocycles. The Balaban J connectivity index is 1.57. The zero-order valence-corrected chi connectivity index (χ0v) is 18.3. The van der Waals surface area contributed by atoms with E-state index in [2.05, 4.69) is 36.4 Å². The van der Waals surface area contributed by atoms with E-state index in [1.165, 1.54) is 0 Å². The minimum Gasteiger partial charge on any atom is -0.386 e. The molecule has 0 spiro atoms. The summed E-state index contributed by atoms with van der Waals surface area (Å²) in [6.07, 6.45) is 0.388. The molecule has 3 aromatic rings. The van der Waals surface area contributed by atoms with E-state index in [4.69, 9.17) is 14.2 Å². The van der Waals surface area contributed by atoms with Gasteiger partial charge in [-0.15, -0.1) is 0 Å². The molecule has 0 radical (unpaired) electrons. The first-order valence-electron chi connectivity index (χ1n) is 11.0. The number of aliphatic hydroxyl groups is 1. The van der Waals surface area contributed by atoms with E-state index >= 15 is 0 Å². The third kappa shape index (κ3) is 3.70. The Hall–Kier alpha value is -2.76. The summed E-state index contributed by atoms with van der Waals surface area (Å²) in [6, 6.07) is 30.8. The minimum atomic E-state index is -0.817. The average Bonchev–Trinajstić information content (AvgIpc) is 3.29. The van der Waals surface area contributed by atoms with Crippen LogP contribution in [0.4, 0.5) is 0 Å². The first-order valence-corrected chi connectivity index (χ1v) is 11.0. The summed E-state index contributed by atoms with van der Waals surface area (Å²) in [4.78, 5) is 0. The third-order valence-corrected chi connectivity index (χ3v) is 6.21. The van der Waals surface area contributed by atoms with E-state index in [9.17, 15) is 5.11 Å². The van der Waals surface area contributed by atoms with Gasteiger partial charge >= 0.3 is 0 Å². The highest BCUT2D eigenvalue weighted by Crippen LogP contribution is 2.43. The second-order valence-corrected chi connectivity index (χ2v) is 8.82. The van der Waals surface area contributed by atoms with Crippen molar-refractivity contribution >= 4 is 0 Å². The van der Waals surface area contributed by atoms with Gasteiger partial charge < -0.3 is 19.3 Å². The van der Waals surface area contributed by atoms with Crippen molar-refractivity contribution in [2.24, 2.45) is 0 Å². The number of ether oxygens (including phenoxy) is 3. The lowest BCUT2D eigenvalue weighted by atomic mass is 9.80. The van der Waals surface area contributed by atoms with Crippen molar-refractivity contribution in [3.05, 3.63) is 119 Å². The van der Waals surface area contributed by atoms with Gasteiger partial charge in [0.15, 0.2) is 5.79 Å². The molecular weight excluding hydrogens is 400 g/mol. The van der Waals surface area contributed by atoms with Crippen molar-refractivity contribution < 1.29 is 19.3 Å². The molecule has 0 amide bonds. The van der Waals surface area contributed by atoms with Gasteiger partial charge in [-0.1, -0.05) is 91.0 Å². The topological polar surface area (TPSA) is 47.9 Å². The summed E-state index contributed by atoms with van der Waals surface area (Å²) in [5.41, 5.74) is 3.20. The van der Waals surface area contributed by atoms with Gasteiger partial charge in [0.25, 0.3) is 0 Å².